The number of nitrogens with one attached hydrogen (secondary N) is 1. The van der Waals surface area contributed by atoms with Gasteiger partial charge in [0.15, 0.2) is 0 Å². The van der Waals surface area contributed by atoms with E-state index in [9.17, 15) is 14.7 Å². The number of piperidine rings is 1. The highest BCUT2D eigenvalue weighted by atomic mass is 16.4. The minimum Gasteiger partial charge on any atom is -0.480 e. The molecule has 2 aromatic rings. The zero-order valence-electron chi connectivity index (χ0n) is 16.7. The molecule has 1 aromatic heterocycles. The molecule has 0 aliphatic carbocycles. The van der Waals surface area contributed by atoms with Crippen LogP contribution in [0.3, 0.4) is 0 Å². The number of likely N-dealkylation sites (tertiary alicyclic amines) is 1. The van der Waals surface area contributed by atoms with Crippen molar-refractivity contribution in [2.24, 2.45) is 0 Å². The van der Waals surface area contributed by atoms with Gasteiger partial charge in [-0.15, -0.1) is 0 Å². The largest absolute Gasteiger partial charge is 0.480 e. The van der Waals surface area contributed by atoms with E-state index in [1.807, 2.05) is 36.4 Å². The number of carboxylic acids is 1. The Morgan fingerprint density at radius 3 is 2.57 bits per heavy atom. The van der Waals surface area contributed by atoms with E-state index >= 15 is 0 Å². The number of hydrogen-bond acceptors (Lipinski definition) is 4. The highest BCUT2D eigenvalue weighted by Crippen LogP contribution is 2.26. The number of nitrogens with zero attached hydrogens (tertiary/aromatic N) is 3. The van der Waals surface area contributed by atoms with Crippen molar-refractivity contribution >= 4 is 17.7 Å². The second-order valence-electron chi connectivity index (χ2n) is 8.28. The van der Waals surface area contributed by atoms with Crippen LogP contribution in [-0.2, 0) is 15.0 Å². The predicted molar refractivity (Wildman–Crippen MR) is 108 cm³/mol. The van der Waals surface area contributed by atoms with E-state index in [-0.39, 0.29) is 17.9 Å². The van der Waals surface area contributed by atoms with Crippen LogP contribution in [0.15, 0.2) is 36.4 Å². The Balaban J connectivity index is 1.81. The summed E-state index contributed by atoms with van der Waals surface area (Å²) in [6.45, 7) is 6.89. The molecule has 2 N–H and O–H groups in total. The fourth-order valence-electron chi connectivity index (χ4n) is 3.43. The number of aromatic nitrogens is 2. The lowest BCUT2D eigenvalue weighted by Crippen LogP contribution is -2.47. The van der Waals surface area contributed by atoms with Crippen LogP contribution < -0.4 is 5.32 Å². The van der Waals surface area contributed by atoms with Gasteiger partial charge in [-0.05, 0) is 31.5 Å². The van der Waals surface area contributed by atoms with E-state index in [2.05, 4.69) is 31.2 Å². The van der Waals surface area contributed by atoms with Gasteiger partial charge in [-0.25, -0.2) is 4.68 Å². The average molecular weight is 384 g/mol. The summed E-state index contributed by atoms with van der Waals surface area (Å²) in [5, 5.41) is 17.0. The fraction of sp³-hybridized carbons (Fsp3) is 0.476. The van der Waals surface area contributed by atoms with Gasteiger partial charge in [0.1, 0.15) is 11.9 Å². The highest BCUT2D eigenvalue weighted by molar-refractivity contribution is 5.92. The van der Waals surface area contributed by atoms with Crippen molar-refractivity contribution < 1.29 is 14.7 Å². The molecule has 1 fully saturated rings. The zero-order chi connectivity index (χ0) is 20.3. The summed E-state index contributed by atoms with van der Waals surface area (Å²) >= 11 is 0. The van der Waals surface area contributed by atoms with Gasteiger partial charge in [0.25, 0.3) is 0 Å². The molecule has 2 heterocycles. The first-order valence-corrected chi connectivity index (χ1v) is 9.68. The number of benzene rings is 1. The van der Waals surface area contributed by atoms with Crippen LogP contribution in [0, 0.1) is 0 Å². The van der Waals surface area contributed by atoms with Gasteiger partial charge in [0.2, 0.25) is 5.91 Å². The number of carboxylic acid groups (broad SMARTS) is 1. The summed E-state index contributed by atoms with van der Waals surface area (Å²) in [5.74, 6) is -0.507. The van der Waals surface area contributed by atoms with Crippen LogP contribution in [-0.4, -0.2) is 50.8 Å². The highest BCUT2D eigenvalue weighted by Gasteiger charge is 2.30. The molecule has 0 spiro atoms. The molecule has 28 heavy (non-hydrogen) atoms. The molecular weight excluding hydrogens is 356 g/mol. The Kier molecular flexibility index (Phi) is 5.84. The summed E-state index contributed by atoms with van der Waals surface area (Å²) in [6.07, 6.45) is 2.37. The van der Waals surface area contributed by atoms with E-state index in [1.54, 1.807) is 9.58 Å². The van der Waals surface area contributed by atoms with Crippen LogP contribution in [0.1, 0.15) is 45.7 Å². The first-order chi connectivity index (χ1) is 13.3. The van der Waals surface area contributed by atoms with Crippen LogP contribution in [0.5, 0.6) is 0 Å². The van der Waals surface area contributed by atoms with Crippen molar-refractivity contribution in [2.75, 3.05) is 18.4 Å². The van der Waals surface area contributed by atoms with E-state index < -0.39 is 12.0 Å². The number of rotatable bonds is 5. The van der Waals surface area contributed by atoms with Gasteiger partial charge in [-0.2, -0.15) is 5.10 Å². The van der Waals surface area contributed by atoms with Crippen molar-refractivity contribution in [3.8, 4) is 5.69 Å². The van der Waals surface area contributed by atoms with Crippen molar-refractivity contribution in [2.45, 2.75) is 51.5 Å². The van der Waals surface area contributed by atoms with Gasteiger partial charge in [0.05, 0.1) is 17.9 Å². The molecule has 3 rings (SSSR count). The minimum atomic E-state index is -0.864. The van der Waals surface area contributed by atoms with Crippen molar-refractivity contribution in [3.05, 3.63) is 42.1 Å². The lowest BCUT2D eigenvalue weighted by molar-refractivity contribution is -0.145. The van der Waals surface area contributed by atoms with Crippen molar-refractivity contribution in [1.29, 1.82) is 0 Å². The zero-order valence-corrected chi connectivity index (χ0v) is 16.7. The van der Waals surface area contributed by atoms with Crippen LogP contribution in [0.25, 0.3) is 5.69 Å². The second kappa shape index (κ2) is 8.14. The lowest BCUT2D eigenvalue weighted by Gasteiger charge is -2.32. The number of anilines is 1. The van der Waals surface area contributed by atoms with Crippen molar-refractivity contribution in [3.63, 3.8) is 0 Å². The smallest absolute Gasteiger partial charge is 0.320 e. The maximum atomic E-state index is 12.7. The molecule has 1 atom stereocenters. The molecule has 7 heteroatoms. The Bertz CT molecular complexity index is 839. The first kappa shape index (κ1) is 20.1. The number of aliphatic carboxylic acids is 1. The normalized spacial score (nSPS) is 18.0. The third-order valence-corrected chi connectivity index (χ3v) is 4.99. The van der Waals surface area contributed by atoms with Crippen LogP contribution in [0.4, 0.5) is 5.82 Å². The molecule has 1 saturated heterocycles. The van der Waals surface area contributed by atoms with Crippen LogP contribution in [0.2, 0.25) is 0 Å². The van der Waals surface area contributed by atoms with E-state index in [1.165, 1.54) is 0 Å². The molecule has 1 aromatic carbocycles. The van der Waals surface area contributed by atoms with Gasteiger partial charge < -0.3 is 10.4 Å². The summed E-state index contributed by atoms with van der Waals surface area (Å²) in [5.41, 5.74) is 1.56. The Morgan fingerprint density at radius 2 is 1.93 bits per heavy atom. The van der Waals surface area contributed by atoms with Gasteiger partial charge in [-0.3, -0.25) is 14.5 Å². The molecule has 1 aliphatic heterocycles. The predicted octanol–water partition coefficient (Wildman–Crippen LogP) is 3.05. The van der Waals surface area contributed by atoms with Gasteiger partial charge >= 0.3 is 5.97 Å². The number of amides is 1. The summed E-state index contributed by atoms with van der Waals surface area (Å²) in [7, 11) is 0. The number of para-hydroxylation sites is 1. The molecule has 0 radical (unpaired) electrons. The van der Waals surface area contributed by atoms with E-state index in [0.29, 0.717) is 18.8 Å². The fourth-order valence-corrected chi connectivity index (χ4v) is 3.43. The maximum Gasteiger partial charge on any atom is 0.320 e. The minimum absolute atomic E-state index is 0.0573. The quantitative estimate of drug-likeness (QED) is 0.827. The summed E-state index contributed by atoms with van der Waals surface area (Å²) < 4.78 is 1.73. The maximum absolute atomic E-state index is 12.7. The lowest BCUT2D eigenvalue weighted by atomic mass is 9.92. The van der Waals surface area contributed by atoms with Gasteiger partial charge in [0, 0.05) is 11.5 Å². The molecule has 7 nitrogen and oxygen atoms in total. The standard InChI is InChI=1S/C21H28N4O3/c1-21(2,3)17-13-18(25(23-17)15-9-5-4-6-10-15)22-19(26)14-24-12-8-7-11-16(24)20(27)28/h4-6,9-10,13,16H,7-8,11-12,14H2,1-3H3,(H,22,26)(H,27,28). The third-order valence-electron chi connectivity index (χ3n) is 4.99. The second-order valence-corrected chi connectivity index (χ2v) is 8.28. The molecule has 0 saturated carbocycles. The molecule has 1 aliphatic rings. The monoisotopic (exact) mass is 384 g/mol. The first-order valence-electron chi connectivity index (χ1n) is 9.68. The van der Waals surface area contributed by atoms with Crippen LogP contribution >= 0.6 is 0 Å². The average Bonchev–Trinajstić information content (AvgIpc) is 3.06. The SMILES string of the molecule is CC(C)(C)c1cc(NC(=O)CN2CCCCC2C(=O)O)n(-c2ccccc2)n1. The Morgan fingerprint density at radius 1 is 1.21 bits per heavy atom. The molecular formula is C21H28N4O3. The molecule has 150 valence electrons. The topological polar surface area (TPSA) is 87.5 Å². The van der Waals surface area contributed by atoms with Crippen molar-refractivity contribution in [1.82, 2.24) is 14.7 Å². The molecule has 0 bridgehead atoms. The third kappa shape index (κ3) is 4.59. The Hall–Kier alpha value is -2.67. The van der Waals surface area contributed by atoms with Gasteiger partial charge in [-0.1, -0.05) is 45.4 Å². The summed E-state index contributed by atoms with van der Waals surface area (Å²) in [6, 6.07) is 10.9. The summed E-state index contributed by atoms with van der Waals surface area (Å²) in [4.78, 5) is 25.9. The number of carbonyl (C=O) groups excluding carboxylic acids is 1. The molecule has 1 amide bonds. The van der Waals surface area contributed by atoms with E-state index in [4.69, 9.17) is 0 Å². The number of hydrogen-bond donors (Lipinski definition) is 2. The molecule has 1 unspecified atom stereocenters. The Labute approximate surface area is 165 Å². The number of carbonyl (C=O) groups is 2. The van der Waals surface area contributed by atoms with E-state index in [0.717, 1.165) is 24.2 Å².